The number of piperazine rings is 1. The zero-order valence-electron chi connectivity index (χ0n) is 11.8. The number of anilines is 2. The molecule has 6 heteroatoms. The largest absolute Gasteiger partial charge is 0.370 e. The Labute approximate surface area is 113 Å². The van der Waals surface area contributed by atoms with E-state index < -0.39 is 0 Å². The lowest BCUT2D eigenvalue weighted by molar-refractivity contribution is -0.133. The number of carbonyl (C=O) groups is 1. The molecular formula is C13H21N5O. The molecule has 1 aliphatic rings. The van der Waals surface area contributed by atoms with Gasteiger partial charge in [-0.2, -0.15) is 4.98 Å². The van der Waals surface area contributed by atoms with Crippen LogP contribution in [0.25, 0.3) is 0 Å². The minimum Gasteiger partial charge on any atom is -0.370 e. The van der Waals surface area contributed by atoms with Crippen molar-refractivity contribution in [1.29, 1.82) is 0 Å². The van der Waals surface area contributed by atoms with Crippen LogP contribution >= 0.6 is 0 Å². The third kappa shape index (κ3) is 2.77. The van der Waals surface area contributed by atoms with Crippen LogP contribution < -0.4 is 10.2 Å². The van der Waals surface area contributed by atoms with Gasteiger partial charge in [-0.15, -0.1) is 0 Å². The second kappa shape index (κ2) is 5.86. The van der Waals surface area contributed by atoms with Crippen LogP contribution in [0.1, 0.15) is 20.8 Å². The summed E-state index contributed by atoms with van der Waals surface area (Å²) in [7, 11) is 0. The second-order valence-corrected chi connectivity index (χ2v) is 4.56. The van der Waals surface area contributed by atoms with Crippen molar-refractivity contribution < 1.29 is 4.79 Å². The molecule has 0 aromatic carbocycles. The predicted molar refractivity (Wildman–Crippen MR) is 75.3 cm³/mol. The predicted octanol–water partition coefficient (Wildman–Crippen LogP) is 0.965. The van der Waals surface area contributed by atoms with Gasteiger partial charge in [0.2, 0.25) is 11.9 Å². The first-order valence-electron chi connectivity index (χ1n) is 6.79. The third-order valence-electron chi connectivity index (χ3n) is 3.39. The molecule has 1 saturated heterocycles. The Bertz CT molecular complexity index is 450. The number of hydrogen-bond donors (Lipinski definition) is 1. The fourth-order valence-corrected chi connectivity index (χ4v) is 2.28. The topological polar surface area (TPSA) is 61.4 Å². The lowest BCUT2D eigenvalue weighted by Gasteiger charge is -2.38. The van der Waals surface area contributed by atoms with Crippen molar-refractivity contribution in [2.75, 3.05) is 36.4 Å². The van der Waals surface area contributed by atoms with Gasteiger partial charge in [-0.3, -0.25) is 4.79 Å². The molecule has 19 heavy (non-hydrogen) atoms. The van der Waals surface area contributed by atoms with Crippen molar-refractivity contribution >= 4 is 17.7 Å². The summed E-state index contributed by atoms with van der Waals surface area (Å²) in [6, 6.07) is 1.63. The molecule has 0 aliphatic carbocycles. The smallest absolute Gasteiger partial charge is 0.245 e. The highest BCUT2D eigenvalue weighted by Crippen LogP contribution is 2.18. The first-order chi connectivity index (χ1) is 9.17. The van der Waals surface area contributed by atoms with E-state index in [2.05, 4.69) is 15.3 Å². The third-order valence-corrected chi connectivity index (χ3v) is 3.39. The van der Waals surface area contributed by atoms with Crippen LogP contribution in [-0.2, 0) is 4.79 Å². The van der Waals surface area contributed by atoms with Gasteiger partial charge in [-0.25, -0.2) is 4.98 Å². The van der Waals surface area contributed by atoms with E-state index in [0.29, 0.717) is 5.95 Å². The molecule has 1 aromatic rings. The van der Waals surface area contributed by atoms with Crippen molar-refractivity contribution in [3.63, 3.8) is 0 Å². The van der Waals surface area contributed by atoms with E-state index in [-0.39, 0.29) is 11.9 Å². The van der Waals surface area contributed by atoms with Crippen LogP contribution in [0.15, 0.2) is 12.3 Å². The minimum atomic E-state index is -0.203. The van der Waals surface area contributed by atoms with E-state index >= 15 is 0 Å². The van der Waals surface area contributed by atoms with Crippen LogP contribution in [0.3, 0.4) is 0 Å². The summed E-state index contributed by atoms with van der Waals surface area (Å²) in [4.78, 5) is 24.7. The Balaban J connectivity index is 2.18. The normalized spacial score (nSPS) is 19.7. The van der Waals surface area contributed by atoms with Gasteiger partial charge in [0.25, 0.3) is 0 Å². The van der Waals surface area contributed by atoms with E-state index in [1.807, 2.05) is 36.6 Å². The van der Waals surface area contributed by atoms with Crippen molar-refractivity contribution in [1.82, 2.24) is 14.9 Å². The Hall–Kier alpha value is -1.85. The van der Waals surface area contributed by atoms with Gasteiger partial charge in [-0.05, 0) is 26.8 Å². The molecule has 0 spiro atoms. The van der Waals surface area contributed by atoms with E-state index in [1.54, 1.807) is 6.20 Å². The van der Waals surface area contributed by atoms with Crippen molar-refractivity contribution in [2.45, 2.75) is 26.8 Å². The summed E-state index contributed by atoms with van der Waals surface area (Å²) >= 11 is 0. The monoisotopic (exact) mass is 263 g/mol. The molecule has 2 heterocycles. The fraction of sp³-hybridized carbons (Fsp3) is 0.615. The van der Waals surface area contributed by atoms with Gasteiger partial charge in [0, 0.05) is 32.4 Å². The van der Waals surface area contributed by atoms with Crippen molar-refractivity contribution in [3.05, 3.63) is 12.3 Å². The fourth-order valence-electron chi connectivity index (χ4n) is 2.28. The van der Waals surface area contributed by atoms with Gasteiger partial charge in [0.1, 0.15) is 11.9 Å². The molecule has 6 nitrogen and oxygen atoms in total. The molecule has 1 amide bonds. The van der Waals surface area contributed by atoms with E-state index in [4.69, 9.17) is 0 Å². The van der Waals surface area contributed by atoms with Crippen molar-refractivity contribution in [2.24, 2.45) is 0 Å². The highest BCUT2D eigenvalue weighted by Gasteiger charge is 2.32. The molecule has 1 aromatic heterocycles. The van der Waals surface area contributed by atoms with Gasteiger partial charge in [-0.1, -0.05) is 0 Å². The summed E-state index contributed by atoms with van der Waals surface area (Å²) in [6.07, 6.45) is 1.73. The lowest BCUT2D eigenvalue weighted by Crippen LogP contribution is -2.56. The number of likely N-dealkylation sites (N-methyl/N-ethyl adjacent to an activating group) is 1. The standard InChI is InChI=1S/C13H21N5O/c1-4-14-11-6-7-15-13(16-11)18-9-8-17(5-2)12(19)10(18)3/h6-7,10H,4-5,8-9H2,1-3H3,(H,14,15,16). The van der Waals surface area contributed by atoms with Crippen LogP contribution in [0.5, 0.6) is 0 Å². The van der Waals surface area contributed by atoms with Gasteiger partial charge >= 0.3 is 0 Å². The van der Waals surface area contributed by atoms with E-state index in [9.17, 15) is 4.79 Å². The molecule has 0 bridgehead atoms. The second-order valence-electron chi connectivity index (χ2n) is 4.56. The highest BCUT2D eigenvalue weighted by atomic mass is 16.2. The zero-order valence-corrected chi connectivity index (χ0v) is 11.8. The van der Waals surface area contributed by atoms with Gasteiger partial charge in [0.15, 0.2) is 0 Å². The first kappa shape index (κ1) is 13.6. The molecule has 1 atom stereocenters. The number of rotatable bonds is 4. The first-order valence-corrected chi connectivity index (χ1v) is 6.79. The Morgan fingerprint density at radius 2 is 2.21 bits per heavy atom. The lowest BCUT2D eigenvalue weighted by atomic mass is 10.2. The summed E-state index contributed by atoms with van der Waals surface area (Å²) in [5.74, 6) is 1.56. The summed E-state index contributed by atoms with van der Waals surface area (Å²) in [5, 5.41) is 3.16. The molecule has 1 fully saturated rings. The van der Waals surface area contributed by atoms with Crippen LogP contribution in [0, 0.1) is 0 Å². The molecule has 1 unspecified atom stereocenters. The number of aromatic nitrogens is 2. The Morgan fingerprint density at radius 3 is 2.89 bits per heavy atom. The maximum absolute atomic E-state index is 12.2. The molecule has 0 saturated carbocycles. The van der Waals surface area contributed by atoms with E-state index in [0.717, 1.165) is 32.0 Å². The SMILES string of the molecule is CCNc1ccnc(N2CCN(CC)C(=O)C2C)n1. The number of nitrogens with one attached hydrogen (secondary N) is 1. The Kier molecular flexibility index (Phi) is 4.19. The Morgan fingerprint density at radius 1 is 1.42 bits per heavy atom. The molecule has 2 rings (SSSR count). The maximum Gasteiger partial charge on any atom is 0.245 e. The average molecular weight is 263 g/mol. The molecule has 1 N–H and O–H groups in total. The molecular weight excluding hydrogens is 242 g/mol. The average Bonchev–Trinajstić information content (AvgIpc) is 2.42. The number of hydrogen-bond acceptors (Lipinski definition) is 5. The number of nitrogens with zero attached hydrogens (tertiary/aromatic N) is 4. The number of carbonyl (C=O) groups excluding carboxylic acids is 1. The molecule has 1 aliphatic heterocycles. The summed E-state index contributed by atoms with van der Waals surface area (Å²) < 4.78 is 0. The quantitative estimate of drug-likeness (QED) is 0.877. The number of amides is 1. The van der Waals surface area contributed by atoms with Gasteiger partial charge < -0.3 is 15.1 Å². The molecule has 104 valence electrons. The van der Waals surface area contributed by atoms with Crippen LogP contribution in [0.4, 0.5) is 11.8 Å². The van der Waals surface area contributed by atoms with Gasteiger partial charge in [0.05, 0.1) is 0 Å². The maximum atomic E-state index is 12.2. The summed E-state index contributed by atoms with van der Waals surface area (Å²) in [5.41, 5.74) is 0. The van der Waals surface area contributed by atoms with Crippen LogP contribution in [0.2, 0.25) is 0 Å². The van der Waals surface area contributed by atoms with Crippen LogP contribution in [-0.4, -0.2) is 53.0 Å². The zero-order chi connectivity index (χ0) is 13.8. The minimum absolute atomic E-state index is 0.145. The summed E-state index contributed by atoms with van der Waals surface area (Å²) in [6.45, 7) is 9.01. The highest BCUT2D eigenvalue weighted by molar-refractivity contribution is 5.85. The molecule has 0 radical (unpaired) electrons. The van der Waals surface area contributed by atoms with E-state index in [1.165, 1.54) is 0 Å². The van der Waals surface area contributed by atoms with Crippen molar-refractivity contribution in [3.8, 4) is 0 Å².